The van der Waals surface area contributed by atoms with E-state index in [4.69, 9.17) is 4.42 Å². The fourth-order valence-corrected chi connectivity index (χ4v) is 9.14. The van der Waals surface area contributed by atoms with Crippen molar-refractivity contribution in [2.24, 2.45) is 0 Å². The van der Waals surface area contributed by atoms with Gasteiger partial charge in [0.1, 0.15) is 11.2 Å². The van der Waals surface area contributed by atoms with Crippen molar-refractivity contribution in [1.82, 2.24) is 9.13 Å². The summed E-state index contributed by atoms with van der Waals surface area (Å²) in [5.74, 6) is 0. The Bertz CT molecular complexity index is 3510. The zero-order valence-corrected chi connectivity index (χ0v) is 30.9. The van der Waals surface area contributed by atoms with Crippen LogP contribution in [0.5, 0.6) is 0 Å². The molecule has 9 aromatic carbocycles. The van der Waals surface area contributed by atoms with Gasteiger partial charge in [-0.1, -0.05) is 146 Å². The van der Waals surface area contributed by atoms with Crippen LogP contribution in [-0.2, 0) is 0 Å². The van der Waals surface area contributed by atoms with Crippen LogP contribution in [0.15, 0.2) is 211 Å². The normalized spacial score (nSPS) is 11.9. The molecule has 0 aliphatic rings. The number of nitrogens with zero attached hydrogens (tertiary/aromatic N) is 2. The molecule has 0 saturated carbocycles. The first kappa shape index (κ1) is 31.7. The molecule has 0 fully saturated rings. The molecule has 266 valence electrons. The van der Waals surface area contributed by atoms with Gasteiger partial charge in [0.25, 0.3) is 0 Å². The smallest absolute Gasteiger partial charge is 0.145 e. The van der Waals surface area contributed by atoms with E-state index >= 15 is 0 Å². The van der Waals surface area contributed by atoms with E-state index in [9.17, 15) is 0 Å². The van der Waals surface area contributed by atoms with Crippen LogP contribution in [0, 0.1) is 0 Å². The molecular weight excluding hydrogens is 693 g/mol. The number of para-hydroxylation sites is 3. The zero-order chi connectivity index (χ0) is 37.5. The number of rotatable bonds is 5. The monoisotopic (exact) mass is 726 g/mol. The summed E-state index contributed by atoms with van der Waals surface area (Å²) in [6.45, 7) is 0. The highest BCUT2D eigenvalue weighted by molar-refractivity contribution is 6.17. The summed E-state index contributed by atoms with van der Waals surface area (Å²) in [5.41, 5.74) is 15.8. The average molecular weight is 727 g/mol. The lowest BCUT2D eigenvalue weighted by molar-refractivity contribution is 0.670. The molecule has 0 bridgehead atoms. The minimum atomic E-state index is 0.889. The molecule has 0 aliphatic carbocycles. The summed E-state index contributed by atoms with van der Waals surface area (Å²) in [6.07, 6.45) is 0. The highest BCUT2D eigenvalue weighted by Gasteiger charge is 2.21. The molecule has 0 aliphatic heterocycles. The van der Waals surface area contributed by atoms with Crippen molar-refractivity contribution >= 4 is 65.6 Å². The van der Waals surface area contributed by atoms with Gasteiger partial charge in [-0.3, -0.25) is 0 Å². The molecule has 0 N–H and O–H groups in total. The van der Waals surface area contributed by atoms with Gasteiger partial charge in [0.15, 0.2) is 0 Å². The molecule has 3 heterocycles. The van der Waals surface area contributed by atoms with Crippen LogP contribution < -0.4 is 0 Å². The number of hydrogen-bond donors (Lipinski definition) is 0. The van der Waals surface area contributed by atoms with Crippen LogP contribution in [0.4, 0.5) is 0 Å². The molecule has 3 aromatic heterocycles. The molecule has 0 saturated heterocycles. The molecular formula is C54H34N2O. The standard InChI is InChI=1S/C54H34N2O/c1-3-14-35(15-4-1)37-18-13-19-40(32-37)55-47-23-10-7-20-42(47)44-28-26-39(34-51(44)55)38-27-30-49-46(33-38)43-21-8-11-24-48(43)56(49)50-31-29-41(36-16-5-2-6-17-36)54-53(50)45-22-9-12-25-52(45)57-54/h1-34H. The van der Waals surface area contributed by atoms with Crippen LogP contribution in [0.1, 0.15) is 0 Å². The minimum absolute atomic E-state index is 0.889. The zero-order valence-electron chi connectivity index (χ0n) is 30.9. The summed E-state index contributed by atoms with van der Waals surface area (Å²) >= 11 is 0. The lowest BCUT2D eigenvalue weighted by Gasteiger charge is -2.13. The Kier molecular flexibility index (Phi) is 6.93. The van der Waals surface area contributed by atoms with Crippen LogP contribution in [-0.4, -0.2) is 9.13 Å². The predicted molar refractivity (Wildman–Crippen MR) is 239 cm³/mol. The molecule has 3 heteroatoms. The van der Waals surface area contributed by atoms with Crippen molar-refractivity contribution < 1.29 is 4.42 Å². The number of hydrogen-bond acceptors (Lipinski definition) is 1. The SMILES string of the molecule is c1ccc(-c2cccc(-n3c4ccccc4c4ccc(-c5ccc6c(c5)c5ccccc5n6-c5ccc(-c6ccccc6)c6oc7ccccc7c56)cc43)c2)cc1. The second-order valence-electron chi connectivity index (χ2n) is 14.9. The van der Waals surface area contributed by atoms with Gasteiger partial charge in [0.05, 0.1) is 33.1 Å². The van der Waals surface area contributed by atoms with Crippen molar-refractivity contribution in [1.29, 1.82) is 0 Å². The Labute approximate surface area is 328 Å². The third-order valence-electron chi connectivity index (χ3n) is 11.7. The van der Waals surface area contributed by atoms with E-state index in [2.05, 4.69) is 209 Å². The van der Waals surface area contributed by atoms with E-state index in [1.165, 1.54) is 54.8 Å². The lowest BCUT2D eigenvalue weighted by atomic mass is 10.0. The van der Waals surface area contributed by atoms with E-state index in [1.807, 2.05) is 6.07 Å². The minimum Gasteiger partial charge on any atom is -0.455 e. The third-order valence-corrected chi connectivity index (χ3v) is 11.7. The molecule has 0 amide bonds. The van der Waals surface area contributed by atoms with Gasteiger partial charge in [0.2, 0.25) is 0 Å². The maximum atomic E-state index is 6.69. The number of aromatic nitrogens is 2. The van der Waals surface area contributed by atoms with Gasteiger partial charge in [-0.25, -0.2) is 0 Å². The molecule has 0 radical (unpaired) electrons. The largest absolute Gasteiger partial charge is 0.455 e. The Morgan fingerprint density at radius 3 is 1.70 bits per heavy atom. The van der Waals surface area contributed by atoms with E-state index < -0.39 is 0 Å². The summed E-state index contributed by atoms with van der Waals surface area (Å²) in [6, 6.07) is 74.4. The first-order valence-electron chi connectivity index (χ1n) is 19.5. The summed E-state index contributed by atoms with van der Waals surface area (Å²) in [4.78, 5) is 0. The van der Waals surface area contributed by atoms with Crippen molar-refractivity contribution in [3.63, 3.8) is 0 Å². The highest BCUT2D eigenvalue weighted by Crippen LogP contribution is 2.43. The number of furan rings is 1. The van der Waals surface area contributed by atoms with Gasteiger partial charge >= 0.3 is 0 Å². The molecule has 0 atom stereocenters. The number of fused-ring (bicyclic) bond motifs is 9. The van der Waals surface area contributed by atoms with Gasteiger partial charge in [-0.05, 0) is 88.5 Å². The van der Waals surface area contributed by atoms with E-state index in [0.717, 1.165) is 55.5 Å². The van der Waals surface area contributed by atoms with Gasteiger partial charge in [0, 0.05) is 38.2 Å². The first-order valence-corrected chi connectivity index (χ1v) is 19.5. The van der Waals surface area contributed by atoms with Gasteiger partial charge in [-0.15, -0.1) is 0 Å². The van der Waals surface area contributed by atoms with E-state index in [1.54, 1.807) is 0 Å². The fraction of sp³-hybridized carbons (Fsp3) is 0. The first-order chi connectivity index (χ1) is 28.3. The lowest BCUT2D eigenvalue weighted by Crippen LogP contribution is -1.96. The Hall–Kier alpha value is -7.62. The van der Waals surface area contributed by atoms with Crippen LogP contribution in [0.3, 0.4) is 0 Å². The van der Waals surface area contributed by atoms with Crippen LogP contribution in [0.25, 0.3) is 110 Å². The van der Waals surface area contributed by atoms with Crippen LogP contribution >= 0.6 is 0 Å². The molecule has 57 heavy (non-hydrogen) atoms. The molecule has 0 unspecified atom stereocenters. The summed E-state index contributed by atoms with van der Waals surface area (Å²) < 4.78 is 11.5. The predicted octanol–water partition coefficient (Wildman–Crippen LogP) is 14.8. The second kappa shape index (κ2) is 12.5. The Morgan fingerprint density at radius 1 is 0.316 bits per heavy atom. The second-order valence-corrected chi connectivity index (χ2v) is 14.9. The third kappa shape index (κ3) is 4.86. The van der Waals surface area contributed by atoms with Crippen LogP contribution in [0.2, 0.25) is 0 Å². The van der Waals surface area contributed by atoms with Crippen molar-refractivity contribution in [3.8, 4) is 44.8 Å². The molecule has 12 aromatic rings. The summed E-state index contributed by atoms with van der Waals surface area (Å²) in [7, 11) is 0. The number of benzene rings is 9. The van der Waals surface area contributed by atoms with E-state index in [0.29, 0.717) is 0 Å². The van der Waals surface area contributed by atoms with Gasteiger partial charge in [-0.2, -0.15) is 0 Å². The quantitative estimate of drug-likeness (QED) is 0.173. The maximum absolute atomic E-state index is 6.69. The molecule has 3 nitrogen and oxygen atoms in total. The van der Waals surface area contributed by atoms with Crippen molar-refractivity contribution in [3.05, 3.63) is 206 Å². The Balaban J connectivity index is 1.06. The maximum Gasteiger partial charge on any atom is 0.145 e. The van der Waals surface area contributed by atoms with Gasteiger partial charge < -0.3 is 13.6 Å². The molecule has 12 rings (SSSR count). The molecule has 0 spiro atoms. The Morgan fingerprint density at radius 2 is 0.895 bits per heavy atom. The average Bonchev–Trinajstić information content (AvgIpc) is 3.94. The van der Waals surface area contributed by atoms with Crippen molar-refractivity contribution in [2.45, 2.75) is 0 Å². The highest BCUT2D eigenvalue weighted by atomic mass is 16.3. The van der Waals surface area contributed by atoms with E-state index in [-0.39, 0.29) is 0 Å². The topological polar surface area (TPSA) is 23.0 Å². The van der Waals surface area contributed by atoms with Crippen molar-refractivity contribution in [2.75, 3.05) is 0 Å². The summed E-state index contributed by atoms with van der Waals surface area (Å²) in [5, 5.41) is 7.16. The fourth-order valence-electron chi connectivity index (χ4n) is 9.14.